The fourth-order valence-corrected chi connectivity index (χ4v) is 3.87. The van der Waals surface area contributed by atoms with Gasteiger partial charge in [0, 0.05) is 44.3 Å². The highest BCUT2D eigenvalue weighted by molar-refractivity contribution is 5.96. The van der Waals surface area contributed by atoms with Gasteiger partial charge in [-0.3, -0.25) is 9.69 Å². The van der Waals surface area contributed by atoms with E-state index < -0.39 is 0 Å². The first-order chi connectivity index (χ1) is 14.6. The summed E-state index contributed by atoms with van der Waals surface area (Å²) in [6.07, 6.45) is 3.53. The third-order valence-electron chi connectivity index (χ3n) is 5.53. The Balaban J connectivity index is 1.54. The molecule has 4 rings (SSSR count). The van der Waals surface area contributed by atoms with Gasteiger partial charge in [0.05, 0.1) is 0 Å². The SMILES string of the molecule is Cc1ccc(C)c(NC(=O)[C@H](c2ccccc2)N2CCN(c3ncccn3)CC2)c1. The Morgan fingerprint density at radius 2 is 1.63 bits per heavy atom. The van der Waals surface area contributed by atoms with Gasteiger partial charge in [0.15, 0.2) is 0 Å². The zero-order valence-electron chi connectivity index (χ0n) is 17.5. The van der Waals surface area contributed by atoms with E-state index in [0.717, 1.165) is 54.5 Å². The highest BCUT2D eigenvalue weighted by Gasteiger charge is 2.31. The first kappa shape index (κ1) is 20.0. The third kappa shape index (κ3) is 4.49. The number of aryl methyl sites for hydroxylation is 2. The summed E-state index contributed by atoms with van der Waals surface area (Å²) in [5, 5.41) is 3.17. The summed E-state index contributed by atoms with van der Waals surface area (Å²) in [6, 6.07) is 17.6. The Hall–Kier alpha value is -3.25. The number of rotatable bonds is 5. The molecule has 1 saturated heterocycles. The molecule has 6 nitrogen and oxygen atoms in total. The van der Waals surface area contributed by atoms with Crippen LogP contribution in [-0.4, -0.2) is 47.0 Å². The zero-order valence-corrected chi connectivity index (χ0v) is 17.5. The van der Waals surface area contributed by atoms with E-state index in [0.29, 0.717) is 0 Å². The number of benzene rings is 2. The predicted molar refractivity (Wildman–Crippen MR) is 120 cm³/mol. The molecule has 0 spiro atoms. The summed E-state index contributed by atoms with van der Waals surface area (Å²) in [7, 11) is 0. The van der Waals surface area contributed by atoms with Crippen molar-refractivity contribution in [1.82, 2.24) is 14.9 Å². The minimum Gasteiger partial charge on any atom is -0.338 e. The van der Waals surface area contributed by atoms with E-state index in [1.54, 1.807) is 12.4 Å². The summed E-state index contributed by atoms with van der Waals surface area (Å²) in [6.45, 7) is 7.14. The number of carbonyl (C=O) groups excluding carboxylic acids is 1. The number of carbonyl (C=O) groups is 1. The monoisotopic (exact) mass is 401 g/mol. The van der Waals surface area contributed by atoms with Crippen LogP contribution >= 0.6 is 0 Å². The normalized spacial score (nSPS) is 15.6. The van der Waals surface area contributed by atoms with Crippen molar-refractivity contribution in [1.29, 1.82) is 0 Å². The van der Waals surface area contributed by atoms with Crippen LogP contribution in [0.25, 0.3) is 0 Å². The van der Waals surface area contributed by atoms with Crippen LogP contribution in [0.15, 0.2) is 67.0 Å². The summed E-state index contributed by atoms with van der Waals surface area (Å²) in [5.41, 5.74) is 4.07. The molecule has 1 fully saturated rings. The average molecular weight is 402 g/mol. The van der Waals surface area contributed by atoms with Crippen molar-refractivity contribution in [3.05, 3.63) is 83.7 Å². The van der Waals surface area contributed by atoms with Gasteiger partial charge >= 0.3 is 0 Å². The molecule has 1 amide bonds. The summed E-state index contributed by atoms with van der Waals surface area (Å²) < 4.78 is 0. The molecule has 3 aromatic rings. The molecule has 1 aromatic heterocycles. The molecule has 1 aliphatic rings. The molecule has 6 heteroatoms. The first-order valence-electron chi connectivity index (χ1n) is 10.3. The van der Waals surface area contributed by atoms with Crippen LogP contribution < -0.4 is 10.2 Å². The minimum atomic E-state index is -0.343. The van der Waals surface area contributed by atoms with Gasteiger partial charge in [0.1, 0.15) is 6.04 Å². The topological polar surface area (TPSA) is 61.4 Å². The standard InChI is InChI=1S/C24H27N5O/c1-18-9-10-19(2)21(17-18)27-23(30)22(20-7-4-3-5-8-20)28-13-15-29(16-14-28)24-25-11-6-12-26-24/h3-12,17,22H,13-16H2,1-2H3,(H,27,30)/t22-/m0/s1. The molecule has 0 saturated carbocycles. The van der Waals surface area contributed by atoms with E-state index in [1.807, 2.05) is 62.4 Å². The average Bonchev–Trinajstić information content (AvgIpc) is 2.78. The first-order valence-corrected chi connectivity index (χ1v) is 10.3. The van der Waals surface area contributed by atoms with Crippen molar-refractivity contribution >= 4 is 17.5 Å². The largest absolute Gasteiger partial charge is 0.338 e. The highest BCUT2D eigenvalue weighted by Crippen LogP contribution is 2.26. The molecule has 0 aliphatic carbocycles. The number of anilines is 2. The molecule has 0 bridgehead atoms. The summed E-state index contributed by atoms with van der Waals surface area (Å²) in [5.74, 6) is 0.743. The third-order valence-corrected chi connectivity index (χ3v) is 5.53. The van der Waals surface area contributed by atoms with E-state index in [4.69, 9.17) is 0 Å². The highest BCUT2D eigenvalue weighted by atomic mass is 16.2. The zero-order chi connectivity index (χ0) is 20.9. The van der Waals surface area contributed by atoms with Crippen LogP contribution in [0.1, 0.15) is 22.7 Å². The Morgan fingerprint density at radius 1 is 0.933 bits per heavy atom. The predicted octanol–water partition coefficient (Wildman–Crippen LogP) is 3.60. The Bertz CT molecular complexity index is 985. The molecule has 0 radical (unpaired) electrons. The van der Waals surface area contributed by atoms with E-state index >= 15 is 0 Å². The summed E-state index contributed by atoms with van der Waals surface area (Å²) >= 11 is 0. The van der Waals surface area contributed by atoms with Gasteiger partial charge in [-0.25, -0.2) is 9.97 Å². The second-order valence-electron chi connectivity index (χ2n) is 7.69. The van der Waals surface area contributed by atoms with Crippen LogP contribution in [-0.2, 0) is 4.79 Å². The second kappa shape index (κ2) is 9.05. The molecule has 1 aliphatic heterocycles. The minimum absolute atomic E-state index is 0.000638. The lowest BCUT2D eigenvalue weighted by Crippen LogP contribution is -2.50. The van der Waals surface area contributed by atoms with Gasteiger partial charge in [-0.2, -0.15) is 0 Å². The molecule has 2 heterocycles. The van der Waals surface area contributed by atoms with Crippen molar-refractivity contribution in [2.24, 2.45) is 0 Å². The van der Waals surface area contributed by atoms with Crippen LogP contribution in [0, 0.1) is 13.8 Å². The van der Waals surface area contributed by atoms with Gasteiger partial charge in [-0.05, 0) is 42.7 Å². The maximum atomic E-state index is 13.4. The van der Waals surface area contributed by atoms with E-state index in [2.05, 4.69) is 31.2 Å². The van der Waals surface area contributed by atoms with E-state index in [1.165, 1.54) is 0 Å². The van der Waals surface area contributed by atoms with Crippen molar-refractivity contribution in [2.75, 3.05) is 36.4 Å². The Kier molecular flexibility index (Phi) is 6.05. The fraction of sp³-hybridized carbons (Fsp3) is 0.292. The number of hydrogen-bond donors (Lipinski definition) is 1. The Labute approximate surface area is 177 Å². The van der Waals surface area contributed by atoms with E-state index in [-0.39, 0.29) is 11.9 Å². The molecule has 154 valence electrons. The molecule has 0 unspecified atom stereocenters. The van der Waals surface area contributed by atoms with Crippen molar-refractivity contribution in [2.45, 2.75) is 19.9 Å². The van der Waals surface area contributed by atoms with Crippen LogP contribution in [0.2, 0.25) is 0 Å². The fourth-order valence-electron chi connectivity index (χ4n) is 3.87. The molecule has 2 aromatic carbocycles. The smallest absolute Gasteiger partial charge is 0.246 e. The Morgan fingerprint density at radius 3 is 2.33 bits per heavy atom. The molecule has 30 heavy (non-hydrogen) atoms. The molecule has 1 N–H and O–H groups in total. The number of nitrogens with one attached hydrogen (secondary N) is 1. The van der Waals surface area contributed by atoms with Crippen molar-refractivity contribution < 1.29 is 4.79 Å². The number of hydrogen-bond acceptors (Lipinski definition) is 5. The van der Waals surface area contributed by atoms with Crippen LogP contribution in [0.5, 0.6) is 0 Å². The quantitative estimate of drug-likeness (QED) is 0.708. The second-order valence-corrected chi connectivity index (χ2v) is 7.69. The molecular weight excluding hydrogens is 374 g/mol. The summed E-state index contributed by atoms with van der Waals surface area (Å²) in [4.78, 5) is 26.6. The van der Waals surface area contributed by atoms with Crippen LogP contribution in [0.4, 0.5) is 11.6 Å². The maximum absolute atomic E-state index is 13.4. The van der Waals surface area contributed by atoms with Crippen molar-refractivity contribution in [3.8, 4) is 0 Å². The van der Waals surface area contributed by atoms with Crippen molar-refractivity contribution in [3.63, 3.8) is 0 Å². The number of aromatic nitrogens is 2. The number of piperazine rings is 1. The molecular formula is C24H27N5O. The lowest BCUT2D eigenvalue weighted by molar-refractivity contribution is -0.121. The maximum Gasteiger partial charge on any atom is 0.246 e. The number of nitrogens with zero attached hydrogens (tertiary/aromatic N) is 4. The van der Waals surface area contributed by atoms with Gasteiger partial charge in [-0.1, -0.05) is 42.5 Å². The van der Waals surface area contributed by atoms with Crippen LogP contribution in [0.3, 0.4) is 0 Å². The lowest BCUT2D eigenvalue weighted by atomic mass is 10.0. The van der Waals surface area contributed by atoms with Gasteiger partial charge in [0.2, 0.25) is 11.9 Å². The van der Waals surface area contributed by atoms with E-state index in [9.17, 15) is 4.79 Å². The molecule has 1 atom stereocenters. The van der Waals surface area contributed by atoms with Gasteiger partial charge in [0.25, 0.3) is 0 Å². The van der Waals surface area contributed by atoms with Gasteiger partial charge in [-0.15, -0.1) is 0 Å². The van der Waals surface area contributed by atoms with Gasteiger partial charge < -0.3 is 10.2 Å². The number of amides is 1. The lowest BCUT2D eigenvalue weighted by Gasteiger charge is -2.38.